The summed E-state index contributed by atoms with van der Waals surface area (Å²) in [6.45, 7) is 3.39. The van der Waals surface area contributed by atoms with Crippen molar-refractivity contribution < 1.29 is 17.9 Å². The van der Waals surface area contributed by atoms with Crippen LogP contribution in [0.4, 0.5) is 13.2 Å². The van der Waals surface area contributed by atoms with Gasteiger partial charge in [-0.1, -0.05) is 24.6 Å². The summed E-state index contributed by atoms with van der Waals surface area (Å²) in [5.41, 5.74) is 2.79. The zero-order chi connectivity index (χ0) is 20.4. The van der Waals surface area contributed by atoms with Crippen LogP contribution in [0.25, 0.3) is 10.9 Å². The van der Waals surface area contributed by atoms with Gasteiger partial charge in [0.2, 0.25) is 0 Å². The van der Waals surface area contributed by atoms with Gasteiger partial charge in [-0.25, -0.2) is 0 Å². The lowest BCUT2D eigenvalue weighted by Crippen LogP contribution is -2.29. The first kappa shape index (κ1) is 19.8. The molecule has 1 fully saturated rings. The molecule has 3 nitrogen and oxygen atoms in total. The number of likely N-dealkylation sites (tertiary alicyclic amines) is 1. The van der Waals surface area contributed by atoms with Crippen molar-refractivity contribution in [3.8, 4) is 5.75 Å². The summed E-state index contributed by atoms with van der Waals surface area (Å²) in [5, 5.41) is 1.21. The molecule has 1 aromatic heterocycles. The second-order valence-electron chi connectivity index (χ2n) is 7.65. The van der Waals surface area contributed by atoms with E-state index in [1.165, 1.54) is 42.3 Å². The van der Waals surface area contributed by atoms with Crippen molar-refractivity contribution >= 4 is 10.9 Å². The van der Waals surface area contributed by atoms with Crippen LogP contribution in [0.2, 0.25) is 0 Å². The number of nitrogens with zero attached hydrogens (tertiary/aromatic N) is 2. The van der Waals surface area contributed by atoms with E-state index in [1.807, 2.05) is 19.2 Å². The van der Waals surface area contributed by atoms with E-state index >= 15 is 0 Å². The number of piperidine rings is 1. The van der Waals surface area contributed by atoms with E-state index in [0.29, 0.717) is 12.4 Å². The molecule has 0 unspecified atom stereocenters. The molecule has 2 heterocycles. The molecule has 154 valence electrons. The summed E-state index contributed by atoms with van der Waals surface area (Å²) in [6, 6.07) is 13.2. The molecule has 1 aliphatic rings. The standard InChI is InChI=1S/C23H25F3N2O/c1-27-21-8-4-3-7-19(21)20(15-28-13-5-2-6-14-28)22(27)16-29-18-11-9-17(10-12-18)23(24,25)26/h3-4,7-12H,2,5-6,13-16H2,1H3. The number of para-hydroxylation sites is 1. The number of halogens is 3. The SMILES string of the molecule is Cn1c(COc2ccc(C(F)(F)F)cc2)c(CN2CCCCC2)c2ccccc21. The number of benzene rings is 2. The Hall–Kier alpha value is -2.47. The average Bonchev–Trinajstić information content (AvgIpc) is 2.98. The number of aromatic nitrogens is 1. The maximum absolute atomic E-state index is 12.8. The predicted octanol–water partition coefficient (Wildman–Crippen LogP) is 5.76. The molecule has 2 aromatic carbocycles. The van der Waals surface area contributed by atoms with Gasteiger partial charge in [0, 0.05) is 24.5 Å². The van der Waals surface area contributed by atoms with Crippen molar-refractivity contribution in [2.45, 2.75) is 38.6 Å². The van der Waals surface area contributed by atoms with E-state index in [-0.39, 0.29) is 0 Å². The molecule has 0 amide bonds. The number of hydrogen-bond donors (Lipinski definition) is 0. The Morgan fingerprint density at radius 1 is 0.931 bits per heavy atom. The van der Waals surface area contributed by atoms with Gasteiger partial charge in [0.1, 0.15) is 12.4 Å². The van der Waals surface area contributed by atoms with Gasteiger partial charge in [-0.2, -0.15) is 13.2 Å². The minimum Gasteiger partial charge on any atom is -0.487 e. The van der Waals surface area contributed by atoms with Crippen molar-refractivity contribution in [1.82, 2.24) is 9.47 Å². The Morgan fingerprint density at radius 3 is 2.31 bits per heavy atom. The molecule has 0 N–H and O–H groups in total. The molecular formula is C23H25F3N2O. The van der Waals surface area contributed by atoms with Gasteiger partial charge < -0.3 is 9.30 Å². The Balaban J connectivity index is 1.59. The molecule has 4 rings (SSSR count). The van der Waals surface area contributed by atoms with Crippen molar-refractivity contribution in [2.24, 2.45) is 7.05 Å². The van der Waals surface area contributed by atoms with Crippen LogP contribution in [0, 0.1) is 0 Å². The highest BCUT2D eigenvalue weighted by Gasteiger charge is 2.30. The monoisotopic (exact) mass is 402 g/mol. The minimum absolute atomic E-state index is 0.319. The number of alkyl halides is 3. The average molecular weight is 402 g/mol. The maximum atomic E-state index is 12.8. The highest BCUT2D eigenvalue weighted by Crippen LogP contribution is 2.31. The van der Waals surface area contributed by atoms with E-state index < -0.39 is 11.7 Å². The fourth-order valence-corrected chi connectivity index (χ4v) is 4.12. The first-order valence-corrected chi connectivity index (χ1v) is 10.0. The molecule has 6 heteroatoms. The highest BCUT2D eigenvalue weighted by molar-refractivity contribution is 5.85. The normalized spacial score (nSPS) is 15.7. The van der Waals surface area contributed by atoms with Crippen molar-refractivity contribution in [2.75, 3.05) is 13.1 Å². The van der Waals surface area contributed by atoms with Crippen LogP contribution in [-0.2, 0) is 26.4 Å². The lowest BCUT2D eigenvalue weighted by molar-refractivity contribution is -0.137. The number of fused-ring (bicyclic) bond motifs is 1. The third-order valence-corrected chi connectivity index (χ3v) is 5.73. The van der Waals surface area contributed by atoms with Crippen LogP contribution in [0.15, 0.2) is 48.5 Å². The van der Waals surface area contributed by atoms with E-state index in [2.05, 4.69) is 21.6 Å². The molecule has 3 aromatic rings. The van der Waals surface area contributed by atoms with Crippen LogP contribution >= 0.6 is 0 Å². The van der Waals surface area contributed by atoms with Crippen molar-refractivity contribution in [3.63, 3.8) is 0 Å². The summed E-state index contributed by atoms with van der Waals surface area (Å²) in [4.78, 5) is 2.48. The van der Waals surface area contributed by atoms with Crippen molar-refractivity contribution in [3.05, 3.63) is 65.4 Å². The molecule has 1 saturated heterocycles. The number of rotatable bonds is 5. The summed E-state index contributed by atoms with van der Waals surface area (Å²) in [7, 11) is 2.02. The van der Waals surface area contributed by atoms with Gasteiger partial charge in [0.15, 0.2) is 0 Å². The Labute approximate surface area is 168 Å². The number of ether oxygens (including phenoxy) is 1. The first-order valence-electron chi connectivity index (χ1n) is 10.0. The Bertz CT molecular complexity index is 970. The van der Waals surface area contributed by atoms with Gasteiger partial charge in [-0.15, -0.1) is 0 Å². The molecule has 29 heavy (non-hydrogen) atoms. The molecule has 0 spiro atoms. The van der Waals surface area contributed by atoms with Crippen LogP contribution in [0.3, 0.4) is 0 Å². The third-order valence-electron chi connectivity index (χ3n) is 5.73. The molecule has 0 saturated carbocycles. The predicted molar refractivity (Wildman–Crippen MR) is 108 cm³/mol. The molecule has 1 aliphatic heterocycles. The Morgan fingerprint density at radius 2 is 1.62 bits per heavy atom. The summed E-state index contributed by atoms with van der Waals surface area (Å²) in [5.74, 6) is 0.437. The van der Waals surface area contributed by atoms with Gasteiger partial charge in [0.05, 0.1) is 11.3 Å². The lowest BCUT2D eigenvalue weighted by Gasteiger charge is -2.26. The van der Waals surface area contributed by atoms with Crippen LogP contribution in [-0.4, -0.2) is 22.6 Å². The fraction of sp³-hybridized carbons (Fsp3) is 0.391. The van der Waals surface area contributed by atoms with Crippen molar-refractivity contribution in [1.29, 1.82) is 0 Å². The summed E-state index contributed by atoms with van der Waals surface area (Å²) < 4.78 is 46.3. The third kappa shape index (κ3) is 4.27. The van der Waals surface area contributed by atoms with E-state index in [9.17, 15) is 13.2 Å². The molecule has 0 atom stereocenters. The van der Waals surface area contributed by atoms with E-state index in [1.54, 1.807) is 0 Å². The molecular weight excluding hydrogens is 377 g/mol. The highest BCUT2D eigenvalue weighted by atomic mass is 19.4. The summed E-state index contributed by atoms with van der Waals surface area (Å²) >= 11 is 0. The Kier molecular flexibility index (Phi) is 5.54. The quantitative estimate of drug-likeness (QED) is 0.540. The van der Waals surface area contributed by atoms with Crippen LogP contribution in [0.1, 0.15) is 36.1 Å². The lowest BCUT2D eigenvalue weighted by atomic mass is 10.1. The molecule has 0 aliphatic carbocycles. The van der Waals surface area contributed by atoms with Crippen LogP contribution in [0.5, 0.6) is 5.75 Å². The second kappa shape index (κ2) is 8.11. The van der Waals surface area contributed by atoms with Gasteiger partial charge >= 0.3 is 6.18 Å². The fourth-order valence-electron chi connectivity index (χ4n) is 4.12. The molecule has 0 radical (unpaired) electrons. The van der Waals surface area contributed by atoms with Gasteiger partial charge in [0.25, 0.3) is 0 Å². The van der Waals surface area contributed by atoms with E-state index in [0.717, 1.165) is 43.0 Å². The number of aryl methyl sites for hydroxylation is 1. The van der Waals surface area contributed by atoms with Gasteiger partial charge in [-0.3, -0.25) is 4.90 Å². The van der Waals surface area contributed by atoms with Gasteiger partial charge in [-0.05, 0) is 61.8 Å². The van der Waals surface area contributed by atoms with Crippen LogP contribution < -0.4 is 4.74 Å². The zero-order valence-corrected chi connectivity index (χ0v) is 16.5. The maximum Gasteiger partial charge on any atom is 0.416 e. The summed E-state index contributed by atoms with van der Waals surface area (Å²) in [6.07, 6.45) is -0.601. The van der Waals surface area contributed by atoms with E-state index in [4.69, 9.17) is 4.74 Å². The first-order chi connectivity index (χ1) is 13.9. The largest absolute Gasteiger partial charge is 0.487 e. The second-order valence-corrected chi connectivity index (χ2v) is 7.65. The topological polar surface area (TPSA) is 17.4 Å². The number of hydrogen-bond acceptors (Lipinski definition) is 2. The zero-order valence-electron chi connectivity index (χ0n) is 16.5. The molecule has 0 bridgehead atoms. The smallest absolute Gasteiger partial charge is 0.416 e. The minimum atomic E-state index is -4.34.